The lowest BCUT2D eigenvalue weighted by atomic mass is 9.99. The highest BCUT2D eigenvalue weighted by Crippen LogP contribution is 2.14. The summed E-state index contributed by atoms with van der Waals surface area (Å²) in [6.45, 7) is 4.25. The Morgan fingerprint density at radius 1 is 1.64 bits per heavy atom. The van der Waals surface area contributed by atoms with Gasteiger partial charge in [0, 0.05) is 18.6 Å². The van der Waals surface area contributed by atoms with Gasteiger partial charge in [-0.2, -0.15) is 0 Å². The van der Waals surface area contributed by atoms with Gasteiger partial charge in [0.05, 0.1) is 6.61 Å². The SMILES string of the molecule is C[C@@H]1[C@H](N)CCCN1CCO. The quantitative estimate of drug-likeness (QED) is 0.584. The molecule has 0 aromatic carbocycles. The fraction of sp³-hybridized carbons (Fsp3) is 1.00. The molecule has 0 bridgehead atoms. The molecule has 66 valence electrons. The number of rotatable bonds is 2. The van der Waals surface area contributed by atoms with Crippen LogP contribution in [0.3, 0.4) is 0 Å². The van der Waals surface area contributed by atoms with Crippen molar-refractivity contribution in [3.8, 4) is 0 Å². The van der Waals surface area contributed by atoms with Gasteiger partial charge in [-0.25, -0.2) is 0 Å². The number of aliphatic hydroxyl groups is 1. The van der Waals surface area contributed by atoms with Gasteiger partial charge in [0.1, 0.15) is 0 Å². The van der Waals surface area contributed by atoms with E-state index < -0.39 is 0 Å². The van der Waals surface area contributed by atoms with Crippen molar-refractivity contribution >= 4 is 0 Å². The van der Waals surface area contributed by atoms with Gasteiger partial charge >= 0.3 is 0 Å². The molecule has 1 aliphatic heterocycles. The fourth-order valence-corrected chi connectivity index (χ4v) is 1.69. The summed E-state index contributed by atoms with van der Waals surface area (Å²) in [7, 11) is 0. The first-order valence-corrected chi connectivity index (χ1v) is 4.36. The van der Waals surface area contributed by atoms with Crippen molar-refractivity contribution in [1.29, 1.82) is 0 Å². The van der Waals surface area contributed by atoms with E-state index in [0.29, 0.717) is 12.1 Å². The zero-order valence-electron chi connectivity index (χ0n) is 7.16. The van der Waals surface area contributed by atoms with Crippen LogP contribution in [0.4, 0.5) is 0 Å². The van der Waals surface area contributed by atoms with Crippen LogP contribution in [0.15, 0.2) is 0 Å². The lowest BCUT2D eigenvalue weighted by Gasteiger charge is -2.37. The minimum absolute atomic E-state index is 0.247. The molecule has 1 fully saturated rings. The Morgan fingerprint density at radius 3 is 3.00 bits per heavy atom. The van der Waals surface area contributed by atoms with Crippen molar-refractivity contribution in [2.24, 2.45) is 5.73 Å². The van der Waals surface area contributed by atoms with Gasteiger partial charge in [0.25, 0.3) is 0 Å². The summed E-state index contributed by atoms with van der Waals surface area (Å²) in [5.74, 6) is 0. The minimum Gasteiger partial charge on any atom is -0.395 e. The van der Waals surface area contributed by atoms with Crippen molar-refractivity contribution in [3.05, 3.63) is 0 Å². The number of piperidine rings is 1. The molecule has 0 unspecified atom stereocenters. The molecular formula is C8H18N2O. The Labute approximate surface area is 68.2 Å². The van der Waals surface area contributed by atoms with Crippen LogP contribution in [0.2, 0.25) is 0 Å². The van der Waals surface area contributed by atoms with Crippen LogP contribution >= 0.6 is 0 Å². The van der Waals surface area contributed by atoms with Crippen molar-refractivity contribution < 1.29 is 5.11 Å². The van der Waals surface area contributed by atoms with Crippen LogP contribution in [0.1, 0.15) is 19.8 Å². The normalized spacial score (nSPS) is 34.1. The van der Waals surface area contributed by atoms with Gasteiger partial charge in [-0.3, -0.25) is 4.90 Å². The lowest BCUT2D eigenvalue weighted by Crippen LogP contribution is -2.51. The zero-order chi connectivity index (χ0) is 8.27. The van der Waals surface area contributed by atoms with E-state index in [1.807, 2.05) is 0 Å². The van der Waals surface area contributed by atoms with Gasteiger partial charge in [-0.15, -0.1) is 0 Å². The standard InChI is InChI=1S/C8H18N2O/c1-7-8(9)3-2-4-10(7)5-6-11/h7-8,11H,2-6,9H2,1H3/t7-,8-/m1/s1. The Balaban J connectivity index is 2.38. The number of nitrogens with two attached hydrogens (primary N) is 1. The summed E-state index contributed by atoms with van der Waals surface area (Å²) in [6, 6.07) is 0.742. The fourth-order valence-electron chi connectivity index (χ4n) is 1.69. The molecule has 11 heavy (non-hydrogen) atoms. The van der Waals surface area contributed by atoms with Gasteiger partial charge < -0.3 is 10.8 Å². The monoisotopic (exact) mass is 158 g/mol. The summed E-state index contributed by atoms with van der Waals surface area (Å²) in [5.41, 5.74) is 5.88. The number of β-amino-alcohol motifs (C(OH)–C–C–N with tert-alkyl or cyclic N) is 1. The van der Waals surface area contributed by atoms with Crippen molar-refractivity contribution in [2.75, 3.05) is 19.7 Å². The minimum atomic E-state index is 0.247. The van der Waals surface area contributed by atoms with E-state index in [4.69, 9.17) is 10.8 Å². The molecule has 0 radical (unpaired) electrons. The lowest BCUT2D eigenvalue weighted by molar-refractivity contribution is 0.112. The zero-order valence-corrected chi connectivity index (χ0v) is 7.16. The average molecular weight is 158 g/mol. The largest absolute Gasteiger partial charge is 0.395 e. The summed E-state index contributed by atoms with van der Waals surface area (Å²) in [5, 5.41) is 8.74. The number of nitrogens with zero attached hydrogens (tertiary/aromatic N) is 1. The second-order valence-corrected chi connectivity index (χ2v) is 3.31. The third-order valence-corrected chi connectivity index (χ3v) is 2.57. The molecule has 2 atom stereocenters. The first-order chi connectivity index (χ1) is 5.25. The molecule has 1 rings (SSSR count). The van der Waals surface area contributed by atoms with Gasteiger partial charge in [0.2, 0.25) is 0 Å². The molecule has 1 saturated heterocycles. The predicted molar refractivity (Wildman–Crippen MR) is 45.3 cm³/mol. The van der Waals surface area contributed by atoms with Gasteiger partial charge in [-0.05, 0) is 26.3 Å². The topological polar surface area (TPSA) is 49.5 Å². The Kier molecular flexibility index (Phi) is 3.30. The van der Waals surface area contributed by atoms with Crippen molar-refractivity contribution in [3.63, 3.8) is 0 Å². The maximum atomic E-state index is 8.74. The molecular weight excluding hydrogens is 140 g/mol. The summed E-state index contributed by atoms with van der Waals surface area (Å²) in [6.07, 6.45) is 2.30. The molecule has 3 nitrogen and oxygen atoms in total. The summed E-state index contributed by atoms with van der Waals surface area (Å²) in [4.78, 5) is 2.26. The first kappa shape index (κ1) is 8.97. The smallest absolute Gasteiger partial charge is 0.0558 e. The highest BCUT2D eigenvalue weighted by molar-refractivity contribution is 4.83. The van der Waals surface area contributed by atoms with Crippen LogP contribution in [0.5, 0.6) is 0 Å². The van der Waals surface area contributed by atoms with E-state index in [1.165, 1.54) is 6.42 Å². The predicted octanol–water partition coefficient (Wildman–Crippen LogP) is -0.210. The highest BCUT2D eigenvalue weighted by Gasteiger charge is 2.23. The molecule has 0 spiro atoms. The van der Waals surface area contributed by atoms with Crippen LogP contribution in [-0.4, -0.2) is 41.8 Å². The average Bonchev–Trinajstić information content (AvgIpc) is 1.99. The van der Waals surface area contributed by atoms with E-state index in [2.05, 4.69) is 11.8 Å². The van der Waals surface area contributed by atoms with Crippen LogP contribution in [0, 0.1) is 0 Å². The molecule has 0 amide bonds. The molecule has 1 aliphatic rings. The Bertz CT molecular complexity index is 117. The van der Waals surface area contributed by atoms with Crippen molar-refractivity contribution in [1.82, 2.24) is 4.90 Å². The Hall–Kier alpha value is -0.120. The molecule has 0 aliphatic carbocycles. The number of hydrogen-bond acceptors (Lipinski definition) is 3. The van der Waals surface area contributed by atoms with Crippen LogP contribution in [0.25, 0.3) is 0 Å². The number of hydrogen-bond donors (Lipinski definition) is 2. The van der Waals surface area contributed by atoms with E-state index in [-0.39, 0.29) is 6.61 Å². The van der Waals surface area contributed by atoms with Crippen LogP contribution in [-0.2, 0) is 0 Å². The number of likely N-dealkylation sites (tertiary alicyclic amines) is 1. The second kappa shape index (κ2) is 4.04. The van der Waals surface area contributed by atoms with E-state index in [9.17, 15) is 0 Å². The van der Waals surface area contributed by atoms with Crippen LogP contribution < -0.4 is 5.73 Å². The maximum absolute atomic E-state index is 8.74. The molecule has 0 saturated carbocycles. The summed E-state index contributed by atoms with van der Waals surface area (Å²) < 4.78 is 0. The third-order valence-electron chi connectivity index (χ3n) is 2.57. The molecule has 0 aromatic heterocycles. The summed E-state index contributed by atoms with van der Waals surface area (Å²) >= 11 is 0. The molecule has 0 aromatic rings. The van der Waals surface area contributed by atoms with E-state index in [1.54, 1.807) is 0 Å². The molecule has 3 N–H and O–H groups in total. The van der Waals surface area contributed by atoms with E-state index in [0.717, 1.165) is 19.5 Å². The van der Waals surface area contributed by atoms with Gasteiger partial charge in [-0.1, -0.05) is 0 Å². The Morgan fingerprint density at radius 2 is 2.36 bits per heavy atom. The second-order valence-electron chi connectivity index (χ2n) is 3.31. The first-order valence-electron chi connectivity index (χ1n) is 4.36. The third kappa shape index (κ3) is 2.15. The van der Waals surface area contributed by atoms with Gasteiger partial charge in [0.15, 0.2) is 0 Å². The highest BCUT2D eigenvalue weighted by atomic mass is 16.3. The van der Waals surface area contributed by atoms with E-state index >= 15 is 0 Å². The van der Waals surface area contributed by atoms with Crippen molar-refractivity contribution in [2.45, 2.75) is 31.8 Å². The molecule has 3 heteroatoms. The number of aliphatic hydroxyl groups excluding tert-OH is 1. The molecule has 1 heterocycles. The maximum Gasteiger partial charge on any atom is 0.0558 e.